The number of benzene rings is 3. The summed E-state index contributed by atoms with van der Waals surface area (Å²) in [6.45, 7) is 3.84. The van der Waals surface area contributed by atoms with Gasteiger partial charge < -0.3 is 24.8 Å². The average Bonchev–Trinajstić information content (AvgIpc) is 3.32. The van der Waals surface area contributed by atoms with Gasteiger partial charge in [0, 0.05) is 36.4 Å². The molecule has 0 aliphatic carbocycles. The van der Waals surface area contributed by atoms with Gasteiger partial charge in [-0.2, -0.15) is 0 Å². The SMILES string of the molecule is C[C@H]1CCN(C(=O)c2ccc(-c3ccc4[nH]ccc4c3)c(C(=O)OCCCN(C)C)c2)c2ccccc2N1. The van der Waals surface area contributed by atoms with Crippen LogP contribution in [0.1, 0.15) is 40.5 Å². The number of esters is 1. The lowest BCUT2D eigenvalue weighted by Crippen LogP contribution is -2.32. The second-order valence-corrected chi connectivity index (χ2v) is 10.1. The Morgan fingerprint density at radius 2 is 1.89 bits per heavy atom. The molecule has 196 valence electrons. The minimum Gasteiger partial charge on any atom is -0.462 e. The number of hydrogen-bond donors (Lipinski definition) is 2. The Hall–Kier alpha value is -4.10. The van der Waals surface area contributed by atoms with E-state index in [4.69, 9.17) is 4.74 Å². The molecule has 1 aromatic heterocycles. The molecule has 0 saturated heterocycles. The van der Waals surface area contributed by atoms with Gasteiger partial charge in [-0.3, -0.25) is 4.79 Å². The van der Waals surface area contributed by atoms with E-state index in [9.17, 15) is 9.59 Å². The van der Waals surface area contributed by atoms with Crippen molar-refractivity contribution < 1.29 is 14.3 Å². The van der Waals surface area contributed by atoms with E-state index < -0.39 is 5.97 Å². The quantitative estimate of drug-likeness (QED) is 0.243. The predicted molar refractivity (Wildman–Crippen MR) is 153 cm³/mol. The summed E-state index contributed by atoms with van der Waals surface area (Å²) in [7, 11) is 3.98. The summed E-state index contributed by atoms with van der Waals surface area (Å²) in [6.07, 6.45) is 3.44. The van der Waals surface area contributed by atoms with Gasteiger partial charge in [0.25, 0.3) is 5.91 Å². The Kier molecular flexibility index (Phi) is 7.47. The Morgan fingerprint density at radius 1 is 1.05 bits per heavy atom. The van der Waals surface area contributed by atoms with Crippen LogP contribution in [0.15, 0.2) is 72.9 Å². The third kappa shape index (κ3) is 5.43. The minimum absolute atomic E-state index is 0.136. The van der Waals surface area contributed by atoms with Gasteiger partial charge in [0.05, 0.1) is 23.5 Å². The van der Waals surface area contributed by atoms with E-state index in [1.54, 1.807) is 11.0 Å². The highest BCUT2D eigenvalue weighted by atomic mass is 16.5. The van der Waals surface area contributed by atoms with Crippen LogP contribution >= 0.6 is 0 Å². The lowest BCUT2D eigenvalue weighted by molar-refractivity contribution is 0.0494. The zero-order valence-electron chi connectivity index (χ0n) is 22.2. The molecule has 1 aliphatic heterocycles. The largest absolute Gasteiger partial charge is 0.462 e. The number of anilines is 2. The van der Waals surface area contributed by atoms with Crippen LogP contribution in [0.4, 0.5) is 11.4 Å². The fraction of sp³-hybridized carbons (Fsp3) is 0.290. The number of hydrogen-bond acceptors (Lipinski definition) is 5. The van der Waals surface area contributed by atoms with Crippen molar-refractivity contribution in [3.05, 3.63) is 84.1 Å². The molecule has 0 saturated carbocycles. The number of aromatic amines is 1. The van der Waals surface area contributed by atoms with Gasteiger partial charge in [-0.25, -0.2) is 4.79 Å². The van der Waals surface area contributed by atoms with E-state index in [1.165, 1.54) is 0 Å². The van der Waals surface area contributed by atoms with Gasteiger partial charge in [0.15, 0.2) is 0 Å². The Bertz CT molecular complexity index is 1460. The zero-order valence-corrected chi connectivity index (χ0v) is 22.2. The molecule has 1 atom stereocenters. The van der Waals surface area contributed by atoms with E-state index in [1.807, 2.05) is 81.0 Å². The van der Waals surface area contributed by atoms with Crippen molar-refractivity contribution in [1.29, 1.82) is 0 Å². The standard InChI is InChI=1S/C31H34N4O3/c1-21-14-17-35(29-8-5-4-7-28(29)33-21)30(36)24-9-11-25(22-10-12-27-23(19-22)13-15-32-27)26(20-24)31(37)38-18-6-16-34(2)3/h4-5,7-13,15,19-21,32-33H,6,14,16-18H2,1-3H3/t21-/m0/s1. The first-order valence-corrected chi connectivity index (χ1v) is 13.1. The molecule has 0 fully saturated rings. The molecule has 2 N–H and O–H groups in total. The predicted octanol–water partition coefficient (Wildman–Crippen LogP) is 5.79. The number of amides is 1. The fourth-order valence-corrected chi connectivity index (χ4v) is 4.92. The van der Waals surface area contributed by atoms with E-state index >= 15 is 0 Å². The van der Waals surface area contributed by atoms with Crippen LogP contribution in [0.3, 0.4) is 0 Å². The smallest absolute Gasteiger partial charge is 0.338 e. The van der Waals surface area contributed by atoms with Crippen molar-refractivity contribution in [3.63, 3.8) is 0 Å². The summed E-state index contributed by atoms with van der Waals surface area (Å²) in [4.78, 5) is 34.3. The number of fused-ring (bicyclic) bond motifs is 2. The first-order chi connectivity index (χ1) is 18.4. The number of aromatic nitrogens is 1. The van der Waals surface area contributed by atoms with Gasteiger partial charge in [0.1, 0.15) is 0 Å². The molecule has 7 heteroatoms. The highest BCUT2D eigenvalue weighted by Crippen LogP contribution is 2.33. The van der Waals surface area contributed by atoms with E-state index in [-0.39, 0.29) is 11.9 Å². The number of para-hydroxylation sites is 2. The Labute approximate surface area is 223 Å². The third-order valence-electron chi connectivity index (χ3n) is 6.96. The molecule has 4 aromatic rings. The second kappa shape index (κ2) is 11.1. The lowest BCUT2D eigenvalue weighted by atomic mass is 9.96. The fourth-order valence-electron chi connectivity index (χ4n) is 4.92. The van der Waals surface area contributed by atoms with Crippen LogP contribution in [0.25, 0.3) is 22.0 Å². The molecule has 1 amide bonds. The molecular formula is C31H34N4O3. The average molecular weight is 511 g/mol. The molecule has 1 aliphatic rings. The van der Waals surface area contributed by atoms with Crippen LogP contribution in [0.5, 0.6) is 0 Å². The first-order valence-electron chi connectivity index (χ1n) is 13.1. The monoisotopic (exact) mass is 510 g/mol. The molecule has 5 rings (SSSR count). The summed E-state index contributed by atoms with van der Waals surface area (Å²) in [5, 5.41) is 4.55. The topological polar surface area (TPSA) is 77.7 Å². The number of nitrogens with zero attached hydrogens (tertiary/aromatic N) is 2. The molecule has 0 spiro atoms. The molecule has 38 heavy (non-hydrogen) atoms. The molecular weight excluding hydrogens is 476 g/mol. The van der Waals surface area contributed by atoms with Crippen molar-refractivity contribution in [3.8, 4) is 11.1 Å². The van der Waals surface area contributed by atoms with E-state index in [0.29, 0.717) is 24.3 Å². The maximum Gasteiger partial charge on any atom is 0.338 e. The van der Waals surface area contributed by atoms with Crippen LogP contribution in [-0.2, 0) is 4.74 Å². The number of carbonyl (C=O) groups excluding carboxylic acids is 2. The van der Waals surface area contributed by atoms with Crippen LogP contribution in [-0.4, -0.2) is 61.6 Å². The molecule has 2 heterocycles. The Morgan fingerprint density at radius 3 is 2.74 bits per heavy atom. The summed E-state index contributed by atoms with van der Waals surface area (Å²) in [5.41, 5.74) is 5.30. The number of ether oxygens (including phenoxy) is 1. The normalized spacial score (nSPS) is 15.2. The van der Waals surface area contributed by atoms with Gasteiger partial charge in [0.2, 0.25) is 0 Å². The minimum atomic E-state index is -0.422. The Balaban J connectivity index is 1.50. The van der Waals surface area contributed by atoms with Gasteiger partial charge in [-0.1, -0.05) is 24.3 Å². The summed E-state index contributed by atoms with van der Waals surface area (Å²) < 4.78 is 5.68. The van der Waals surface area contributed by atoms with Crippen molar-refractivity contribution in [2.75, 3.05) is 44.0 Å². The summed E-state index contributed by atoms with van der Waals surface area (Å²) >= 11 is 0. The van der Waals surface area contributed by atoms with Crippen LogP contribution in [0.2, 0.25) is 0 Å². The lowest BCUT2D eigenvalue weighted by Gasteiger charge is -2.23. The highest BCUT2D eigenvalue weighted by molar-refractivity contribution is 6.10. The van der Waals surface area contributed by atoms with Crippen molar-refractivity contribution in [2.45, 2.75) is 25.8 Å². The molecule has 0 radical (unpaired) electrons. The second-order valence-electron chi connectivity index (χ2n) is 10.1. The number of H-pyrrole nitrogens is 1. The van der Waals surface area contributed by atoms with Crippen molar-refractivity contribution in [2.24, 2.45) is 0 Å². The zero-order chi connectivity index (χ0) is 26.6. The highest BCUT2D eigenvalue weighted by Gasteiger charge is 2.26. The first kappa shape index (κ1) is 25.5. The number of rotatable bonds is 7. The summed E-state index contributed by atoms with van der Waals surface area (Å²) in [6, 6.07) is 21.5. The van der Waals surface area contributed by atoms with Crippen LogP contribution in [0, 0.1) is 0 Å². The number of carbonyl (C=O) groups is 2. The van der Waals surface area contributed by atoms with E-state index in [2.05, 4.69) is 22.1 Å². The van der Waals surface area contributed by atoms with Gasteiger partial charge in [-0.15, -0.1) is 0 Å². The third-order valence-corrected chi connectivity index (χ3v) is 6.96. The number of nitrogens with one attached hydrogen (secondary N) is 2. The molecule has 0 unspecified atom stereocenters. The van der Waals surface area contributed by atoms with Crippen molar-refractivity contribution in [1.82, 2.24) is 9.88 Å². The van der Waals surface area contributed by atoms with Gasteiger partial charge in [-0.05, 0) is 92.8 Å². The molecule has 0 bridgehead atoms. The molecule has 3 aromatic carbocycles. The molecule has 7 nitrogen and oxygen atoms in total. The van der Waals surface area contributed by atoms with E-state index in [0.717, 1.165) is 52.8 Å². The van der Waals surface area contributed by atoms with Crippen molar-refractivity contribution >= 4 is 34.2 Å². The summed E-state index contributed by atoms with van der Waals surface area (Å²) in [5.74, 6) is -0.559. The maximum absolute atomic E-state index is 13.9. The maximum atomic E-state index is 13.9. The van der Waals surface area contributed by atoms with Gasteiger partial charge >= 0.3 is 5.97 Å². The van der Waals surface area contributed by atoms with Crippen LogP contribution < -0.4 is 10.2 Å².